The monoisotopic (exact) mass is 216 g/mol. The molecular weight excluding hydrogens is 200 g/mol. The first-order valence-corrected chi connectivity index (χ1v) is 5.16. The molecule has 0 spiro atoms. The quantitative estimate of drug-likeness (QED) is 0.497. The summed E-state index contributed by atoms with van der Waals surface area (Å²) >= 11 is 0. The molecule has 0 bridgehead atoms. The summed E-state index contributed by atoms with van der Waals surface area (Å²) in [6.45, 7) is 3.01. The van der Waals surface area contributed by atoms with Gasteiger partial charge >= 0.3 is 11.9 Å². The number of cyclic esters (lactones) is 2. The van der Waals surface area contributed by atoms with Gasteiger partial charge in [0.2, 0.25) is 0 Å². The largest absolute Gasteiger partial charge is 0.463 e. The standard InChI is InChI=1S/C10H16O5/c1-2-3-8-9(11)14-6-4-13-5-7-15-10(8)12/h8H,2-7H2,1H3. The van der Waals surface area contributed by atoms with E-state index in [1.54, 1.807) is 0 Å². The molecule has 5 nitrogen and oxygen atoms in total. The van der Waals surface area contributed by atoms with Gasteiger partial charge in [-0.3, -0.25) is 9.59 Å². The van der Waals surface area contributed by atoms with Crippen molar-refractivity contribution in [3.05, 3.63) is 0 Å². The van der Waals surface area contributed by atoms with Crippen molar-refractivity contribution in [3.8, 4) is 0 Å². The van der Waals surface area contributed by atoms with E-state index in [-0.39, 0.29) is 13.2 Å². The molecule has 1 heterocycles. The van der Waals surface area contributed by atoms with Crippen molar-refractivity contribution in [2.24, 2.45) is 5.92 Å². The summed E-state index contributed by atoms with van der Waals surface area (Å²) in [5, 5.41) is 0. The Hall–Kier alpha value is -1.10. The van der Waals surface area contributed by atoms with Crippen LogP contribution < -0.4 is 0 Å². The zero-order valence-corrected chi connectivity index (χ0v) is 8.86. The van der Waals surface area contributed by atoms with Crippen molar-refractivity contribution in [1.82, 2.24) is 0 Å². The molecule has 0 saturated carbocycles. The fourth-order valence-electron chi connectivity index (χ4n) is 1.33. The highest BCUT2D eigenvalue weighted by Crippen LogP contribution is 2.11. The van der Waals surface area contributed by atoms with Crippen molar-refractivity contribution in [1.29, 1.82) is 0 Å². The first-order chi connectivity index (χ1) is 7.25. The molecule has 0 aliphatic carbocycles. The van der Waals surface area contributed by atoms with Crippen LogP contribution in [0.25, 0.3) is 0 Å². The van der Waals surface area contributed by atoms with Crippen LogP contribution in [0.15, 0.2) is 0 Å². The Bertz CT molecular complexity index is 206. The molecule has 5 heteroatoms. The summed E-state index contributed by atoms with van der Waals surface area (Å²) in [5.41, 5.74) is 0. The summed E-state index contributed by atoms with van der Waals surface area (Å²) in [4.78, 5) is 22.9. The molecule has 1 fully saturated rings. The molecule has 0 unspecified atom stereocenters. The third kappa shape index (κ3) is 3.87. The van der Waals surface area contributed by atoms with E-state index < -0.39 is 17.9 Å². The lowest BCUT2D eigenvalue weighted by Gasteiger charge is -2.16. The molecule has 1 aliphatic heterocycles. The van der Waals surface area contributed by atoms with Gasteiger partial charge in [0.05, 0.1) is 13.2 Å². The minimum absolute atomic E-state index is 0.201. The van der Waals surface area contributed by atoms with E-state index in [2.05, 4.69) is 0 Å². The normalized spacial score (nSPS) is 20.6. The molecule has 1 aliphatic rings. The van der Waals surface area contributed by atoms with E-state index in [9.17, 15) is 9.59 Å². The Kier molecular flexibility index (Phi) is 5.10. The van der Waals surface area contributed by atoms with Crippen LogP contribution in [0.4, 0.5) is 0 Å². The van der Waals surface area contributed by atoms with Crippen LogP contribution in [0.1, 0.15) is 19.8 Å². The molecule has 1 saturated heterocycles. The van der Waals surface area contributed by atoms with E-state index in [0.717, 1.165) is 6.42 Å². The number of esters is 2. The van der Waals surface area contributed by atoms with Crippen molar-refractivity contribution in [3.63, 3.8) is 0 Å². The van der Waals surface area contributed by atoms with Crippen LogP contribution in [0.2, 0.25) is 0 Å². The fourth-order valence-corrected chi connectivity index (χ4v) is 1.33. The molecule has 0 aromatic rings. The smallest absolute Gasteiger partial charge is 0.320 e. The maximum Gasteiger partial charge on any atom is 0.320 e. The van der Waals surface area contributed by atoms with Gasteiger partial charge in [0.25, 0.3) is 0 Å². The zero-order valence-electron chi connectivity index (χ0n) is 8.86. The van der Waals surface area contributed by atoms with Gasteiger partial charge in [0, 0.05) is 0 Å². The Balaban J connectivity index is 2.58. The first-order valence-electron chi connectivity index (χ1n) is 5.16. The maximum absolute atomic E-state index is 11.5. The van der Waals surface area contributed by atoms with Gasteiger partial charge in [0.1, 0.15) is 13.2 Å². The zero-order chi connectivity index (χ0) is 11.1. The number of carbonyl (C=O) groups is 2. The third-order valence-electron chi connectivity index (χ3n) is 2.09. The molecule has 1 rings (SSSR count). The molecule has 0 aromatic carbocycles. The van der Waals surface area contributed by atoms with Gasteiger partial charge in [-0.25, -0.2) is 0 Å². The summed E-state index contributed by atoms with van der Waals surface area (Å²) < 4.78 is 14.8. The fraction of sp³-hybridized carbons (Fsp3) is 0.800. The molecule has 86 valence electrons. The number of rotatable bonds is 2. The highest BCUT2D eigenvalue weighted by atomic mass is 16.6. The van der Waals surface area contributed by atoms with Gasteiger partial charge in [-0.05, 0) is 6.42 Å². The Labute approximate surface area is 88.7 Å². The van der Waals surface area contributed by atoms with Crippen molar-refractivity contribution >= 4 is 11.9 Å². The third-order valence-corrected chi connectivity index (χ3v) is 2.09. The molecule has 0 radical (unpaired) electrons. The van der Waals surface area contributed by atoms with E-state index in [0.29, 0.717) is 19.6 Å². The predicted molar refractivity (Wildman–Crippen MR) is 51.1 cm³/mol. The van der Waals surface area contributed by atoms with Gasteiger partial charge in [-0.15, -0.1) is 0 Å². The Morgan fingerprint density at radius 2 is 1.60 bits per heavy atom. The van der Waals surface area contributed by atoms with Crippen LogP contribution in [-0.2, 0) is 23.8 Å². The Morgan fingerprint density at radius 1 is 1.07 bits per heavy atom. The number of ether oxygens (including phenoxy) is 3. The highest BCUT2D eigenvalue weighted by Gasteiger charge is 2.29. The maximum atomic E-state index is 11.5. The van der Waals surface area contributed by atoms with Crippen LogP contribution in [-0.4, -0.2) is 38.4 Å². The van der Waals surface area contributed by atoms with Crippen LogP contribution >= 0.6 is 0 Å². The second kappa shape index (κ2) is 6.40. The summed E-state index contributed by atoms with van der Waals surface area (Å²) in [6, 6.07) is 0. The van der Waals surface area contributed by atoms with E-state index >= 15 is 0 Å². The number of carbonyl (C=O) groups excluding carboxylic acids is 2. The lowest BCUT2D eigenvalue weighted by molar-refractivity contribution is -0.166. The highest BCUT2D eigenvalue weighted by molar-refractivity contribution is 5.94. The van der Waals surface area contributed by atoms with Gasteiger partial charge < -0.3 is 14.2 Å². The van der Waals surface area contributed by atoms with E-state index in [4.69, 9.17) is 14.2 Å². The topological polar surface area (TPSA) is 61.8 Å². The van der Waals surface area contributed by atoms with Crippen LogP contribution in [0.3, 0.4) is 0 Å². The van der Waals surface area contributed by atoms with Crippen molar-refractivity contribution in [2.75, 3.05) is 26.4 Å². The Morgan fingerprint density at radius 3 is 2.07 bits per heavy atom. The first kappa shape index (κ1) is 12.0. The molecule has 0 amide bonds. The second-order valence-corrected chi connectivity index (χ2v) is 3.29. The molecule has 0 atom stereocenters. The average Bonchev–Trinajstić information content (AvgIpc) is 2.23. The number of hydrogen-bond acceptors (Lipinski definition) is 5. The molecule has 0 N–H and O–H groups in total. The van der Waals surface area contributed by atoms with Crippen molar-refractivity contribution < 1.29 is 23.8 Å². The number of hydrogen-bond donors (Lipinski definition) is 0. The summed E-state index contributed by atoms with van der Waals surface area (Å²) in [6.07, 6.45) is 1.21. The summed E-state index contributed by atoms with van der Waals surface area (Å²) in [5.74, 6) is -1.78. The molecule has 15 heavy (non-hydrogen) atoms. The van der Waals surface area contributed by atoms with Crippen LogP contribution in [0.5, 0.6) is 0 Å². The molecular formula is C10H16O5. The van der Waals surface area contributed by atoms with E-state index in [1.807, 2.05) is 6.92 Å². The predicted octanol–water partition coefficient (Wildman–Crippen LogP) is 0.519. The summed E-state index contributed by atoms with van der Waals surface area (Å²) in [7, 11) is 0. The SMILES string of the molecule is CCCC1C(=O)OCCOCCOC1=O. The van der Waals surface area contributed by atoms with Gasteiger partial charge in [0.15, 0.2) is 5.92 Å². The minimum atomic E-state index is -0.770. The lowest BCUT2D eigenvalue weighted by Crippen LogP contribution is -2.31. The van der Waals surface area contributed by atoms with Crippen LogP contribution in [0, 0.1) is 5.92 Å². The lowest BCUT2D eigenvalue weighted by atomic mass is 10.0. The van der Waals surface area contributed by atoms with Gasteiger partial charge in [-0.2, -0.15) is 0 Å². The minimum Gasteiger partial charge on any atom is -0.463 e. The second-order valence-electron chi connectivity index (χ2n) is 3.29. The van der Waals surface area contributed by atoms with E-state index in [1.165, 1.54) is 0 Å². The van der Waals surface area contributed by atoms with Gasteiger partial charge in [-0.1, -0.05) is 13.3 Å². The molecule has 0 aromatic heterocycles. The van der Waals surface area contributed by atoms with Crippen molar-refractivity contribution in [2.45, 2.75) is 19.8 Å². The average molecular weight is 216 g/mol.